The van der Waals surface area contributed by atoms with E-state index >= 15 is 0 Å². The van der Waals surface area contributed by atoms with Crippen molar-refractivity contribution in [1.29, 1.82) is 0 Å². The van der Waals surface area contributed by atoms with Crippen LogP contribution >= 0.6 is 0 Å². The maximum absolute atomic E-state index is 12.2. The Labute approximate surface area is 117 Å². The number of nitrogens with one attached hydrogen (secondary N) is 2. The molecule has 0 aliphatic carbocycles. The number of urea groups is 1. The van der Waals surface area contributed by atoms with Gasteiger partial charge in [0.25, 0.3) is 0 Å². The van der Waals surface area contributed by atoms with Crippen LogP contribution in [0.4, 0.5) is 4.79 Å². The maximum Gasteiger partial charge on any atom is 0.321 e. The van der Waals surface area contributed by atoms with E-state index < -0.39 is 27.0 Å². The maximum atomic E-state index is 12.2. The Bertz CT molecular complexity index is 596. The monoisotopic (exact) mass is 296 g/mol. The van der Waals surface area contributed by atoms with Gasteiger partial charge >= 0.3 is 6.03 Å². The SMILES string of the molecule is C=CCNC(=O)NC(=O)[C@@H](C)S(=O)(=O)c1ccccc1. The first-order chi connectivity index (χ1) is 9.39. The van der Waals surface area contributed by atoms with E-state index in [-0.39, 0.29) is 11.4 Å². The van der Waals surface area contributed by atoms with Crippen LogP contribution < -0.4 is 10.6 Å². The molecule has 3 amide bonds. The molecule has 0 heterocycles. The molecule has 0 aliphatic rings. The average Bonchev–Trinajstić information content (AvgIpc) is 2.45. The van der Waals surface area contributed by atoms with Gasteiger partial charge in [-0.05, 0) is 19.1 Å². The Morgan fingerprint density at radius 3 is 2.45 bits per heavy atom. The zero-order valence-corrected chi connectivity index (χ0v) is 11.8. The number of hydrogen-bond donors (Lipinski definition) is 2. The number of carbonyl (C=O) groups is 2. The van der Waals surface area contributed by atoms with Crippen molar-refractivity contribution in [2.24, 2.45) is 0 Å². The Hall–Kier alpha value is -2.15. The van der Waals surface area contributed by atoms with Crippen LogP contribution in [0.5, 0.6) is 0 Å². The predicted molar refractivity (Wildman–Crippen MR) is 74.8 cm³/mol. The molecule has 1 atom stereocenters. The minimum atomic E-state index is -3.82. The van der Waals surface area contributed by atoms with Crippen molar-refractivity contribution in [1.82, 2.24) is 10.6 Å². The van der Waals surface area contributed by atoms with Crippen molar-refractivity contribution in [3.63, 3.8) is 0 Å². The molecule has 0 aromatic heterocycles. The van der Waals surface area contributed by atoms with Crippen LogP contribution in [0.1, 0.15) is 6.92 Å². The summed E-state index contributed by atoms with van der Waals surface area (Å²) in [7, 11) is -3.82. The number of amides is 3. The van der Waals surface area contributed by atoms with Crippen LogP contribution in [0, 0.1) is 0 Å². The minimum Gasteiger partial charge on any atom is -0.334 e. The molecule has 7 heteroatoms. The highest BCUT2D eigenvalue weighted by Crippen LogP contribution is 2.15. The van der Waals surface area contributed by atoms with E-state index in [1.54, 1.807) is 18.2 Å². The lowest BCUT2D eigenvalue weighted by Gasteiger charge is -2.12. The van der Waals surface area contributed by atoms with Crippen LogP contribution in [-0.4, -0.2) is 32.2 Å². The molecule has 0 saturated heterocycles. The van der Waals surface area contributed by atoms with Gasteiger partial charge in [0, 0.05) is 6.54 Å². The number of imide groups is 1. The van der Waals surface area contributed by atoms with Crippen LogP contribution in [0.15, 0.2) is 47.9 Å². The molecule has 108 valence electrons. The fourth-order valence-electron chi connectivity index (χ4n) is 1.38. The fourth-order valence-corrected chi connectivity index (χ4v) is 2.66. The van der Waals surface area contributed by atoms with Crippen LogP contribution in [0.25, 0.3) is 0 Å². The third-order valence-electron chi connectivity index (χ3n) is 2.55. The molecule has 2 N–H and O–H groups in total. The molecule has 0 saturated carbocycles. The van der Waals surface area contributed by atoms with Gasteiger partial charge in [-0.3, -0.25) is 10.1 Å². The van der Waals surface area contributed by atoms with Crippen molar-refractivity contribution < 1.29 is 18.0 Å². The Morgan fingerprint density at radius 1 is 1.30 bits per heavy atom. The van der Waals surface area contributed by atoms with Crippen molar-refractivity contribution in [2.75, 3.05) is 6.54 Å². The van der Waals surface area contributed by atoms with Crippen molar-refractivity contribution >= 4 is 21.8 Å². The summed E-state index contributed by atoms with van der Waals surface area (Å²) >= 11 is 0. The first kappa shape index (κ1) is 15.9. The van der Waals surface area contributed by atoms with E-state index in [1.165, 1.54) is 25.1 Å². The summed E-state index contributed by atoms with van der Waals surface area (Å²) in [5.74, 6) is -0.879. The number of benzene rings is 1. The molecule has 0 unspecified atom stereocenters. The van der Waals surface area contributed by atoms with E-state index in [9.17, 15) is 18.0 Å². The first-order valence-electron chi connectivity index (χ1n) is 5.88. The van der Waals surface area contributed by atoms with E-state index in [0.29, 0.717) is 0 Å². The standard InChI is InChI=1S/C13H16N2O4S/c1-3-9-14-13(17)15-12(16)10(2)20(18,19)11-7-5-4-6-8-11/h3-8,10H,1,9H2,2H3,(H2,14,15,16,17)/t10-/m1/s1. The molecular weight excluding hydrogens is 280 g/mol. The topological polar surface area (TPSA) is 92.3 Å². The molecule has 1 aromatic carbocycles. The summed E-state index contributed by atoms with van der Waals surface area (Å²) in [5, 5.41) is 2.94. The number of sulfone groups is 1. The van der Waals surface area contributed by atoms with Gasteiger partial charge in [-0.15, -0.1) is 6.58 Å². The largest absolute Gasteiger partial charge is 0.334 e. The highest BCUT2D eigenvalue weighted by atomic mass is 32.2. The lowest BCUT2D eigenvalue weighted by molar-refractivity contribution is -0.119. The summed E-state index contributed by atoms with van der Waals surface area (Å²) < 4.78 is 24.3. The second-order valence-corrected chi connectivity index (χ2v) is 6.26. The molecular formula is C13H16N2O4S. The van der Waals surface area contributed by atoms with Gasteiger partial charge in [0.15, 0.2) is 9.84 Å². The number of rotatable bonds is 5. The molecule has 0 aliphatic heterocycles. The average molecular weight is 296 g/mol. The molecule has 0 bridgehead atoms. The summed E-state index contributed by atoms with van der Waals surface area (Å²) in [6.07, 6.45) is 1.44. The third-order valence-corrected chi connectivity index (χ3v) is 4.62. The minimum absolute atomic E-state index is 0.0362. The zero-order chi connectivity index (χ0) is 15.2. The van der Waals surface area contributed by atoms with Crippen molar-refractivity contribution in [3.05, 3.63) is 43.0 Å². The van der Waals surface area contributed by atoms with Crippen LogP contribution in [-0.2, 0) is 14.6 Å². The molecule has 0 spiro atoms. The van der Waals surface area contributed by atoms with E-state index in [0.717, 1.165) is 0 Å². The highest BCUT2D eigenvalue weighted by molar-refractivity contribution is 7.92. The predicted octanol–water partition coefficient (Wildman–Crippen LogP) is 0.861. The molecule has 1 aromatic rings. The van der Waals surface area contributed by atoms with Crippen LogP contribution in [0.2, 0.25) is 0 Å². The molecule has 0 fully saturated rings. The van der Waals surface area contributed by atoms with Gasteiger partial charge in [-0.2, -0.15) is 0 Å². The Morgan fingerprint density at radius 2 is 1.90 bits per heavy atom. The molecule has 0 radical (unpaired) electrons. The lowest BCUT2D eigenvalue weighted by Crippen LogP contribution is -2.45. The van der Waals surface area contributed by atoms with E-state index in [4.69, 9.17) is 0 Å². The quantitative estimate of drug-likeness (QED) is 0.788. The van der Waals surface area contributed by atoms with Gasteiger partial charge < -0.3 is 5.32 Å². The third kappa shape index (κ3) is 3.92. The van der Waals surface area contributed by atoms with Gasteiger partial charge in [-0.1, -0.05) is 24.3 Å². The van der Waals surface area contributed by atoms with Crippen molar-refractivity contribution in [2.45, 2.75) is 17.1 Å². The highest BCUT2D eigenvalue weighted by Gasteiger charge is 2.30. The van der Waals surface area contributed by atoms with Gasteiger partial charge in [0.2, 0.25) is 5.91 Å². The summed E-state index contributed by atoms with van der Waals surface area (Å²) in [6.45, 7) is 4.82. The first-order valence-corrected chi connectivity index (χ1v) is 7.42. The van der Waals surface area contributed by atoms with Gasteiger partial charge in [0.1, 0.15) is 5.25 Å². The van der Waals surface area contributed by atoms with Gasteiger partial charge in [0.05, 0.1) is 4.90 Å². The second kappa shape index (κ2) is 6.85. The van der Waals surface area contributed by atoms with Gasteiger partial charge in [-0.25, -0.2) is 13.2 Å². The van der Waals surface area contributed by atoms with E-state index in [1.807, 2.05) is 5.32 Å². The Balaban J connectivity index is 2.79. The van der Waals surface area contributed by atoms with Crippen LogP contribution in [0.3, 0.4) is 0 Å². The van der Waals surface area contributed by atoms with E-state index in [2.05, 4.69) is 11.9 Å². The number of carbonyl (C=O) groups excluding carboxylic acids is 2. The second-order valence-electron chi connectivity index (χ2n) is 3.99. The van der Waals surface area contributed by atoms with Crippen molar-refractivity contribution in [3.8, 4) is 0 Å². The molecule has 6 nitrogen and oxygen atoms in total. The summed E-state index contributed by atoms with van der Waals surface area (Å²) in [4.78, 5) is 23.1. The smallest absolute Gasteiger partial charge is 0.321 e. The lowest BCUT2D eigenvalue weighted by atomic mass is 10.4. The fraction of sp³-hybridized carbons (Fsp3) is 0.231. The normalized spacial score (nSPS) is 12.2. The summed E-state index contributed by atoms with van der Waals surface area (Å²) in [6, 6.07) is 6.84. The number of hydrogen-bond acceptors (Lipinski definition) is 4. The molecule has 20 heavy (non-hydrogen) atoms. The Kier molecular flexibility index (Phi) is 5.45. The zero-order valence-electron chi connectivity index (χ0n) is 11.0. The summed E-state index contributed by atoms with van der Waals surface area (Å²) in [5.41, 5.74) is 0. The molecule has 1 rings (SSSR count).